The van der Waals surface area contributed by atoms with Crippen molar-refractivity contribution in [3.63, 3.8) is 0 Å². The topological polar surface area (TPSA) is 84.3 Å². The molecule has 0 saturated carbocycles. The van der Waals surface area contributed by atoms with Crippen LogP contribution in [0.25, 0.3) is 33.9 Å². The number of benzene rings is 2. The van der Waals surface area contributed by atoms with E-state index in [2.05, 4.69) is 15.1 Å². The first-order valence-electron chi connectivity index (χ1n) is 8.72. The zero-order valence-corrected chi connectivity index (χ0v) is 14.6. The van der Waals surface area contributed by atoms with Gasteiger partial charge in [-0.25, -0.2) is 0 Å². The van der Waals surface area contributed by atoms with Gasteiger partial charge in [0.1, 0.15) is 11.4 Å². The third kappa shape index (κ3) is 2.55. The SMILES string of the molecule is CCN1C(=O)COc2ccc(-c3noc(-c4cc5ccccc5[nH]4)n3)cc21. The molecule has 7 heteroatoms. The van der Waals surface area contributed by atoms with Gasteiger partial charge < -0.3 is 19.1 Å². The summed E-state index contributed by atoms with van der Waals surface area (Å²) in [5.41, 5.74) is 3.26. The fraction of sp³-hybridized carbons (Fsp3) is 0.150. The lowest BCUT2D eigenvalue weighted by molar-refractivity contribution is -0.121. The maximum absolute atomic E-state index is 12.1. The number of amides is 1. The van der Waals surface area contributed by atoms with E-state index in [1.807, 2.05) is 55.5 Å². The summed E-state index contributed by atoms with van der Waals surface area (Å²) in [5.74, 6) is 1.49. The molecule has 1 N–H and O–H groups in total. The van der Waals surface area contributed by atoms with Gasteiger partial charge in [-0.15, -0.1) is 0 Å². The van der Waals surface area contributed by atoms with Gasteiger partial charge in [0.2, 0.25) is 5.82 Å². The second kappa shape index (κ2) is 5.98. The van der Waals surface area contributed by atoms with Crippen molar-refractivity contribution in [1.82, 2.24) is 15.1 Å². The number of para-hydroxylation sites is 1. The van der Waals surface area contributed by atoms with Crippen LogP contribution in [0.3, 0.4) is 0 Å². The summed E-state index contributed by atoms with van der Waals surface area (Å²) >= 11 is 0. The van der Waals surface area contributed by atoms with Gasteiger partial charge in [-0.3, -0.25) is 4.79 Å². The molecule has 4 aromatic rings. The van der Waals surface area contributed by atoms with Crippen LogP contribution in [0, 0.1) is 0 Å². The Morgan fingerprint density at radius 2 is 2.07 bits per heavy atom. The molecule has 0 atom stereocenters. The lowest BCUT2D eigenvalue weighted by Crippen LogP contribution is -2.38. The largest absolute Gasteiger partial charge is 0.482 e. The number of likely N-dealkylation sites (N-methyl/N-ethyl adjacent to an activating group) is 1. The molecule has 0 radical (unpaired) electrons. The van der Waals surface area contributed by atoms with Crippen LogP contribution < -0.4 is 9.64 Å². The minimum atomic E-state index is -0.0611. The first-order valence-corrected chi connectivity index (χ1v) is 8.72. The molecule has 0 aliphatic carbocycles. The van der Waals surface area contributed by atoms with E-state index in [0.29, 0.717) is 24.0 Å². The van der Waals surface area contributed by atoms with E-state index < -0.39 is 0 Å². The summed E-state index contributed by atoms with van der Waals surface area (Å²) in [6.45, 7) is 2.57. The van der Waals surface area contributed by atoms with Crippen LogP contribution in [0.1, 0.15) is 6.92 Å². The van der Waals surface area contributed by atoms with Gasteiger partial charge in [-0.2, -0.15) is 4.98 Å². The van der Waals surface area contributed by atoms with Gasteiger partial charge in [-0.05, 0) is 37.3 Å². The molecular formula is C20H16N4O3. The number of ether oxygens (including phenoxy) is 1. The number of rotatable bonds is 3. The van der Waals surface area contributed by atoms with E-state index in [9.17, 15) is 4.79 Å². The molecule has 27 heavy (non-hydrogen) atoms. The predicted molar refractivity (Wildman–Crippen MR) is 101 cm³/mol. The number of aromatic amines is 1. The average molecular weight is 360 g/mol. The standard InChI is InChI=1S/C20H16N4O3/c1-2-24-16-10-13(7-8-17(16)26-11-18(24)25)19-22-20(27-23-19)15-9-12-5-3-4-6-14(12)21-15/h3-10,21H,2,11H2,1H3. The summed E-state index contributed by atoms with van der Waals surface area (Å²) in [7, 11) is 0. The molecule has 7 nitrogen and oxygen atoms in total. The third-order valence-corrected chi connectivity index (χ3v) is 4.66. The highest BCUT2D eigenvalue weighted by atomic mass is 16.5. The molecule has 0 unspecified atom stereocenters. The van der Waals surface area contributed by atoms with E-state index >= 15 is 0 Å². The lowest BCUT2D eigenvalue weighted by Gasteiger charge is -2.28. The average Bonchev–Trinajstić information content (AvgIpc) is 3.34. The highest BCUT2D eigenvalue weighted by Crippen LogP contribution is 2.35. The van der Waals surface area contributed by atoms with Crippen molar-refractivity contribution < 1.29 is 14.1 Å². The number of fused-ring (bicyclic) bond motifs is 2. The highest BCUT2D eigenvalue weighted by Gasteiger charge is 2.25. The van der Waals surface area contributed by atoms with Crippen LogP contribution in [-0.2, 0) is 4.79 Å². The van der Waals surface area contributed by atoms with Crippen molar-refractivity contribution >= 4 is 22.5 Å². The Hall–Kier alpha value is -3.61. The Bertz CT molecular complexity index is 1130. The van der Waals surface area contributed by atoms with Crippen LogP contribution in [-0.4, -0.2) is 34.2 Å². The number of nitrogens with zero attached hydrogens (tertiary/aromatic N) is 3. The minimum absolute atomic E-state index is 0.0611. The molecule has 1 aliphatic heterocycles. The van der Waals surface area contributed by atoms with Crippen LogP contribution in [0.2, 0.25) is 0 Å². The number of hydrogen-bond donors (Lipinski definition) is 1. The number of aromatic nitrogens is 3. The zero-order chi connectivity index (χ0) is 18.4. The van der Waals surface area contributed by atoms with E-state index in [1.54, 1.807) is 4.90 Å². The maximum atomic E-state index is 12.1. The number of H-pyrrole nitrogens is 1. The molecular weight excluding hydrogens is 344 g/mol. The fourth-order valence-electron chi connectivity index (χ4n) is 3.33. The Morgan fingerprint density at radius 3 is 2.93 bits per heavy atom. The normalized spacial score (nSPS) is 13.7. The number of carbonyl (C=O) groups is 1. The van der Waals surface area contributed by atoms with Crippen LogP contribution in [0.5, 0.6) is 5.75 Å². The van der Waals surface area contributed by atoms with Gasteiger partial charge in [0.15, 0.2) is 6.61 Å². The molecule has 2 aromatic heterocycles. The predicted octanol–water partition coefficient (Wildman–Crippen LogP) is 3.63. The first-order chi connectivity index (χ1) is 13.2. The van der Waals surface area contributed by atoms with Crippen LogP contribution in [0.4, 0.5) is 5.69 Å². The molecule has 0 saturated heterocycles. The lowest BCUT2D eigenvalue weighted by atomic mass is 10.1. The van der Waals surface area contributed by atoms with Crippen molar-refractivity contribution in [2.45, 2.75) is 6.92 Å². The summed E-state index contributed by atoms with van der Waals surface area (Å²) in [5, 5.41) is 5.18. The second-order valence-electron chi connectivity index (χ2n) is 6.30. The van der Waals surface area contributed by atoms with Crippen molar-refractivity contribution in [3.05, 3.63) is 48.5 Å². The monoisotopic (exact) mass is 360 g/mol. The summed E-state index contributed by atoms with van der Waals surface area (Å²) in [6, 6.07) is 15.5. The number of hydrogen-bond acceptors (Lipinski definition) is 5. The van der Waals surface area contributed by atoms with Gasteiger partial charge in [0.05, 0.1) is 5.69 Å². The number of anilines is 1. The van der Waals surface area contributed by atoms with Gasteiger partial charge in [-0.1, -0.05) is 23.4 Å². The minimum Gasteiger partial charge on any atom is -0.482 e. The van der Waals surface area contributed by atoms with E-state index in [-0.39, 0.29) is 12.5 Å². The summed E-state index contributed by atoms with van der Waals surface area (Å²) in [4.78, 5) is 21.5. The Morgan fingerprint density at radius 1 is 1.19 bits per heavy atom. The van der Waals surface area contributed by atoms with E-state index in [0.717, 1.165) is 27.8 Å². The smallest absolute Gasteiger partial charge is 0.274 e. The molecule has 1 amide bonds. The van der Waals surface area contributed by atoms with Gasteiger partial charge in [0, 0.05) is 23.0 Å². The Kier molecular flexibility index (Phi) is 3.46. The molecule has 134 valence electrons. The molecule has 0 fully saturated rings. The first kappa shape index (κ1) is 15.6. The Balaban J connectivity index is 1.53. The number of nitrogens with one attached hydrogen (secondary N) is 1. The molecule has 1 aliphatic rings. The van der Waals surface area contributed by atoms with E-state index in [4.69, 9.17) is 9.26 Å². The highest BCUT2D eigenvalue weighted by molar-refractivity contribution is 5.98. The van der Waals surface area contributed by atoms with E-state index in [1.165, 1.54) is 0 Å². The van der Waals surface area contributed by atoms with Crippen LogP contribution in [0.15, 0.2) is 53.1 Å². The van der Waals surface area contributed by atoms with Crippen LogP contribution >= 0.6 is 0 Å². The summed E-state index contributed by atoms with van der Waals surface area (Å²) < 4.78 is 11.0. The molecule has 0 bridgehead atoms. The fourth-order valence-corrected chi connectivity index (χ4v) is 3.33. The Labute approximate surface area is 154 Å². The molecule has 3 heterocycles. The molecule has 5 rings (SSSR count). The van der Waals surface area contributed by atoms with Gasteiger partial charge in [0.25, 0.3) is 11.8 Å². The molecule has 0 spiro atoms. The quantitative estimate of drug-likeness (QED) is 0.603. The van der Waals surface area contributed by atoms with Crippen molar-refractivity contribution in [3.8, 4) is 28.7 Å². The van der Waals surface area contributed by atoms with Crippen molar-refractivity contribution in [2.24, 2.45) is 0 Å². The molecule has 2 aromatic carbocycles. The zero-order valence-electron chi connectivity index (χ0n) is 14.6. The van der Waals surface area contributed by atoms with Crippen molar-refractivity contribution in [1.29, 1.82) is 0 Å². The third-order valence-electron chi connectivity index (χ3n) is 4.66. The maximum Gasteiger partial charge on any atom is 0.274 e. The number of carbonyl (C=O) groups excluding carboxylic acids is 1. The summed E-state index contributed by atoms with van der Waals surface area (Å²) in [6.07, 6.45) is 0. The second-order valence-corrected chi connectivity index (χ2v) is 6.30. The van der Waals surface area contributed by atoms with Crippen molar-refractivity contribution in [2.75, 3.05) is 18.1 Å². The van der Waals surface area contributed by atoms with Gasteiger partial charge >= 0.3 is 0 Å².